The third-order valence-electron chi connectivity index (χ3n) is 3.64. The van der Waals surface area contributed by atoms with Crippen molar-refractivity contribution in [3.8, 4) is 0 Å². The number of halogens is 2. The van der Waals surface area contributed by atoms with Crippen molar-refractivity contribution >= 4 is 26.0 Å². The molecule has 2 aromatic carbocycles. The summed E-state index contributed by atoms with van der Waals surface area (Å²) in [7, 11) is 0. The average molecular weight is 343 g/mol. The zero-order chi connectivity index (χ0) is 15.0. The highest BCUT2D eigenvalue weighted by molar-refractivity contribution is 9.15. The Morgan fingerprint density at radius 3 is 2.14 bits per heavy atom. The van der Waals surface area contributed by atoms with Crippen molar-refractivity contribution in [1.29, 1.82) is 0 Å². The standard InChI is InChI=1S/C19H16BrF/c1-19(2)11-17(13-7-9-14(21)10-8-13)15-5-3-4-6-16(15)18(20)12-19/h3-12H,1-2H3. The highest BCUT2D eigenvalue weighted by atomic mass is 79.9. The zero-order valence-corrected chi connectivity index (χ0v) is 13.6. The predicted octanol–water partition coefficient (Wildman–Crippen LogP) is 6.03. The molecule has 0 bridgehead atoms. The fraction of sp³-hybridized carbons (Fsp3) is 0.158. The van der Waals surface area contributed by atoms with Crippen molar-refractivity contribution in [3.63, 3.8) is 0 Å². The molecule has 0 nitrogen and oxygen atoms in total. The molecule has 2 heteroatoms. The third kappa shape index (κ3) is 2.86. The van der Waals surface area contributed by atoms with Crippen molar-refractivity contribution in [2.45, 2.75) is 13.8 Å². The van der Waals surface area contributed by atoms with Crippen LogP contribution in [-0.2, 0) is 0 Å². The molecule has 0 unspecified atom stereocenters. The minimum absolute atomic E-state index is 0.0818. The number of fused-ring (bicyclic) bond motifs is 1. The van der Waals surface area contributed by atoms with Crippen LogP contribution in [0.1, 0.15) is 30.5 Å². The molecule has 0 aliphatic heterocycles. The summed E-state index contributed by atoms with van der Waals surface area (Å²) in [5.74, 6) is -0.208. The molecule has 0 fully saturated rings. The van der Waals surface area contributed by atoms with Crippen molar-refractivity contribution in [1.82, 2.24) is 0 Å². The Balaban J connectivity index is 2.25. The molecule has 0 heterocycles. The second-order valence-electron chi connectivity index (χ2n) is 5.92. The van der Waals surface area contributed by atoms with Crippen LogP contribution in [0.4, 0.5) is 4.39 Å². The van der Waals surface area contributed by atoms with Gasteiger partial charge < -0.3 is 0 Å². The molecule has 106 valence electrons. The number of hydrogen-bond donors (Lipinski definition) is 0. The van der Waals surface area contributed by atoms with E-state index >= 15 is 0 Å². The smallest absolute Gasteiger partial charge is 0.123 e. The average Bonchev–Trinajstić information content (AvgIpc) is 2.55. The van der Waals surface area contributed by atoms with E-state index in [1.165, 1.54) is 17.7 Å². The van der Waals surface area contributed by atoms with Gasteiger partial charge in [0.15, 0.2) is 0 Å². The van der Waals surface area contributed by atoms with Crippen LogP contribution < -0.4 is 0 Å². The van der Waals surface area contributed by atoms with Gasteiger partial charge in [0.2, 0.25) is 0 Å². The summed E-state index contributed by atoms with van der Waals surface area (Å²) >= 11 is 3.69. The molecule has 0 spiro atoms. The van der Waals surface area contributed by atoms with Crippen LogP contribution in [0, 0.1) is 11.2 Å². The van der Waals surface area contributed by atoms with Crippen LogP contribution in [0.5, 0.6) is 0 Å². The Morgan fingerprint density at radius 1 is 0.857 bits per heavy atom. The first kappa shape index (κ1) is 14.3. The summed E-state index contributed by atoms with van der Waals surface area (Å²) in [5, 5.41) is 0. The zero-order valence-electron chi connectivity index (χ0n) is 12.0. The maximum absolute atomic E-state index is 13.2. The monoisotopic (exact) mass is 342 g/mol. The van der Waals surface area contributed by atoms with Gasteiger partial charge in [-0.15, -0.1) is 0 Å². The van der Waals surface area contributed by atoms with Gasteiger partial charge in [0.05, 0.1) is 0 Å². The number of hydrogen-bond acceptors (Lipinski definition) is 0. The number of rotatable bonds is 1. The maximum atomic E-state index is 13.2. The molecule has 0 amide bonds. The fourth-order valence-corrected chi connectivity index (χ4v) is 3.63. The van der Waals surface area contributed by atoms with E-state index in [0.717, 1.165) is 21.2 Å². The van der Waals surface area contributed by atoms with Gasteiger partial charge >= 0.3 is 0 Å². The SMILES string of the molecule is CC1(C)C=C(Br)c2ccccc2C(c2ccc(F)cc2)=C1. The summed E-state index contributed by atoms with van der Waals surface area (Å²) in [6.45, 7) is 4.34. The summed E-state index contributed by atoms with van der Waals surface area (Å²) in [4.78, 5) is 0. The summed E-state index contributed by atoms with van der Waals surface area (Å²) in [5.41, 5.74) is 4.42. The third-order valence-corrected chi connectivity index (χ3v) is 4.30. The lowest BCUT2D eigenvalue weighted by Crippen LogP contribution is -2.03. The predicted molar refractivity (Wildman–Crippen MR) is 90.6 cm³/mol. The lowest BCUT2D eigenvalue weighted by Gasteiger charge is -2.16. The molecule has 0 atom stereocenters. The van der Waals surface area contributed by atoms with Gasteiger partial charge in [-0.3, -0.25) is 0 Å². The van der Waals surface area contributed by atoms with E-state index in [1.54, 1.807) is 0 Å². The second-order valence-corrected chi connectivity index (χ2v) is 6.78. The molecule has 21 heavy (non-hydrogen) atoms. The quantitative estimate of drug-likeness (QED) is 0.593. The maximum Gasteiger partial charge on any atom is 0.123 e. The van der Waals surface area contributed by atoms with Gasteiger partial charge in [-0.1, -0.05) is 78.3 Å². The Morgan fingerprint density at radius 2 is 1.48 bits per heavy atom. The van der Waals surface area contributed by atoms with Crippen LogP contribution in [0.15, 0.2) is 60.7 Å². The van der Waals surface area contributed by atoms with Crippen molar-refractivity contribution in [3.05, 3.63) is 83.2 Å². The summed E-state index contributed by atoms with van der Waals surface area (Å²) in [6.07, 6.45) is 4.45. The van der Waals surface area contributed by atoms with E-state index in [9.17, 15) is 4.39 Å². The van der Waals surface area contributed by atoms with Gasteiger partial charge in [0, 0.05) is 9.90 Å². The minimum atomic E-state index is -0.208. The molecule has 2 aromatic rings. The molecule has 1 aliphatic rings. The van der Waals surface area contributed by atoms with Crippen LogP contribution in [-0.4, -0.2) is 0 Å². The fourth-order valence-electron chi connectivity index (χ4n) is 2.69. The van der Waals surface area contributed by atoms with Gasteiger partial charge in [-0.2, -0.15) is 0 Å². The molecule has 0 N–H and O–H groups in total. The van der Waals surface area contributed by atoms with Crippen molar-refractivity contribution in [2.75, 3.05) is 0 Å². The van der Waals surface area contributed by atoms with Crippen LogP contribution in [0.3, 0.4) is 0 Å². The van der Waals surface area contributed by atoms with Gasteiger partial charge in [0.1, 0.15) is 5.82 Å². The first-order chi connectivity index (χ1) is 9.96. The molecule has 0 aromatic heterocycles. The molecule has 0 radical (unpaired) electrons. The molecule has 0 saturated heterocycles. The largest absolute Gasteiger partial charge is 0.207 e. The van der Waals surface area contributed by atoms with Crippen LogP contribution in [0.25, 0.3) is 10.1 Å². The van der Waals surface area contributed by atoms with Crippen molar-refractivity contribution < 1.29 is 4.39 Å². The number of allylic oxidation sites excluding steroid dienone is 2. The Bertz CT molecular complexity index is 736. The van der Waals surface area contributed by atoms with E-state index in [0.29, 0.717) is 0 Å². The summed E-state index contributed by atoms with van der Waals surface area (Å²) in [6, 6.07) is 15.0. The van der Waals surface area contributed by atoms with E-state index < -0.39 is 0 Å². The van der Waals surface area contributed by atoms with E-state index in [4.69, 9.17) is 0 Å². The van der Waals surface area contributed by atoms with Crippen LogP contribution >= 0.6 is 15.9 Å². The molecule has 1 aliphatic carbocycles. The van der Waals surface area contributed by atoms with Gasteiger partial charge in [-0.05, 0) is 34.4 Å². The van der Waals surface area contributed by atoms with E-state index in [1.807, 2.05) is 24.3 Å². The highest BCUT2D eigenvalue weighted by Gasteiger charge is 2.22. The molecule has 3 rings (SSSR count). The minimum Gasteiger partial charge on any atom is -0.207 e. The number of benzene rings is 2. The molecular formula is C19H16BrF. The first-order valence-corrected chi connectivity index (χ1v) is 7.72. The normalized spacial score (nSPS) is 16.6. The van der Waals surface area contributed by atoms with E-state index in [2.05, 4.69) is 54.1 Å². The Labute approximate surface area is 133 Å². The van der Waals surface area contributed by atoms with Crippen LogP contribution in [0.2, 0.25) is 0 Å². The van der Waals surface area contributed by atoms with E-state index in [-0.39, 0.29) is 11.2 Å². The lowest BCUT2D eigenvalue weighted by molar-refractivity contribution is 0.627. The Kier molecular flexibility index (Phi) is 3.58. The Hall–Kier alpha value is -1.67. The summed E-state index contributed by atoms with van der Waals surface area (Å²) < 4.78 is 14.3. The molecule has 0 saturated carbocycles. The second kappa shape index (κ2) is 5.27. The van der Waals surface area contributed by atoms with Crippen molar-refractivity contribution in [2.24, 2.45) is 5.41 Å². The molecular weight excluding hydrogens is 327 g/mol. The van der Waals surface area contributed by atoms with Gasteiger partial charge in [-0.25, -0.2) is 4.39 Å². The highest BCUT2D eigenvalue weighted by Crippen LogP contribution is 2.41. The topological polar surface area (TPSA) is 0 Å². The lowest BCUT2D eigenvalue weighted by atomic mass is 9.88. The first-order valence-electron chi connectivity index (χ1n) is 6.93. The van der Waals surface area contributed by atoms with Gasteiger partial charge in [0.25, 0.3) is 0 Å².